The first-order valence-corrected chi connectivity index (χ1v) is 12.1. The van der Waals surface area contributed by atoms with E-state index in [1.807, 2.05) is 0 Å². The average Bonchev–Trinajstić information content (AvgIpc) is 2.80. The van der Waals surface area contributed by atoms with Gasteiger partial charge in [-0.15, -0.1) is 0 Å². The first-order valence-electron chi connectivity index (χ1n) is 12.1. The summed E-state index contributed by atoms with van der Waals surface area (Å²) in [7, 11) is 0. The molecule has 0 saturated carbocycles. The van der Waals surface area contributed by atoms with Crippen LogP contribution in [0.25, 0.3) is 0 Å². The molecule has 8 N–H and O–H groups in total. The molecule has 0 bridgehead atoms. The average molecular weight is 435 g/mol. The molecule has 8 heteroatoms. The van der Waals surface area contributed by atoms with Gasteiger partial charge in [0.05, 0.1) is 0 Å². The quantitative estimate of drug-likeness (QED) is 0.246. The fourth-order valence-corrected chi connectivity index (χ4v) is 3.85. The van der Waals surface area contributed by atoms with Gasteiger partial charge in [-0.25, -0.2) is 0 Å². The van der Waals surface area contributed by atoms with Crippen molar-refractivity contribution in [3.63, 3.8) is 0 Å². The van der Waals surface area contributed by atoms with E-state index in [1.165, 1.54) is 17.5 Å². The summed E-state index contributed by atoms with van der Waals surface area (Å²) in [6.45, 7) is 15.6. The predicted molar refractivity (Wildman–Crippen MR) is 131 cm³/mol. The Kier molecular flexibility index (Phi) is 14.7. The van der Waals surface area contributed by atoms with Gasteiger partial charge in [-0.05, 0) is 30.6 Å². The Bertz CT molecular complexity index is 519. The summed E-state index contributed by atoms with van der Waals surface area (Å²) in [6.07, 6.45) is 1.19. The topological polar surface area (TPSA) is 107 Å². The van der Waals surface area contributed by atoms with Crippen LogP contribution < -0.4 is 32.7 Å². The van der Waals surface area contributed by atoms with E-state index in [0.717, 1.165) is 91.6 Å². The van der Waals surface area contributed by atoms with Gasteiger partial charge in [-0.1, -0.05) is 24.3 Å². The molecule has 31 heavy (non-hydrogen) atoms. The van der Waals surface area contributed by atoms with Crippen molar-refractivity contribution in [2.75, 3.05) is 91.6 Å². The van der Waals surface area contributed by atoms with Crippen molar-refractivity contribution in [2.45, 2.75) is 19.5 Å². The molecule has 8 nitrogen and oxygen atoms in total. The molecule has 0 atom stereocenters. The monoisotopic (exact) mass is 434 g/mol. The SMILES string of the molecule is NCCN(CCN)CCNCc1ccc(CN2CCCNCCNCCNCC2)cc1. The third-order valence-electron chi connectivity index (χ3n) is 5.64. The summed E-state index contributed by atoms with van der Waals surface area (Å²) in [4.78, 5) is 4.88. The van der Waals surface area contributed by atoms with Crippen LogP contribution in [0.5, 0.6) is 0 Å². The van der Waals surface area contributed by atoms with E-state index < -0.39 is 0 Å². The molecule has 1 fully saturated rings. The summed E-state index contributed by atoms with van der Waals surface area (Å²) < 4.78 is 0. The second-order valence-corrected chi connectivity index (χ2v) is 8.29. The van der Waals surface area contributed by atoms with Gasteiger partial charge in [0.15, 0.2) is 0 Å². The molecule has 1 heterocycles. The van der Waals surface area contributed by atoms with Crippen LogP contribution in [0.4, 0.5) is 0 Å². The van der Waals surface area contributed by atoms with E-state index in [4.69, 9.17) is 11.5 Å². The molecule has 0 spiro atoms. The Hall–Kier alpha value is -1.10. The van der Waals surface area contributed by atoms with Crippen LogP contribution in [0.1, 0.15) is 17.5 Å². The van der Waals surface area contributed by atoms with Gasteiger partial charge in [0.1, 0.15) is 0 Å². The number of hydrogen-bond acceptors (Lipinski definition) is 8. The van der Waals surface area contributed by atoms with Gasteiger partial charge in [0, 0.05) is 91.6 Å². The molecule has 0 aliphatic carbocycles. The minimum Gasteiger partial charge on any atom is -0.329 e. The minimum atomic E-state index is 0.683. The lowest BCUT2D eigenvalue weighted by Gasteiger charge is -2.23. The number of nitrogens with one attached hydrogen (secondary N) is 4. The van der Waals surface area contributed by atoms with Crippen molar-refractivity contribution in [2.24, 2.45) is 11.5 Å². The van der Waals surface area contributed by atoms with Gasteiger partial charge in [0.25, 0.3) is 0 Å². The highest BCUT2D eigenvalue weighted by atomic mass is 15.1. The number of rotatable bonds is 11. The van der Waals surface area contributed by atoms with Crippen molar-refractivity contribution in [3.05, 3.63) is 35.4 Å². The van der Waals surface area contributed by atoms with Crippen LogP contribution in [0.3, 0.4) is 0 Å². The fraction of sp³-hybridized carbons (Fsp3) is 0.739. The number of hydrogen-bond donors (Lipinski definition) is 6. The zero-order valence-corrected chi connectivity index (χ0v) is 19.4. The molecular formula is C23H46N8. The third-order valence-corrected chi connectivity index (χ3v) is 5.64. The molecule has 1 saturated heterocycles. The summed E-state index contributed by atoms with van der Waals surface area (Å²) >= 11 is 0. The van der Waals surface area contributed by atoms with E-state index in [0.29, 0.717) is 13.1 Å². The Balaban J connectivity index is 1.72. The third kappa shape index (κ3) is 12.5. The Morgan fingerprint density at radius 1 is 0.774 bits per heavy atom. The largest absolute Gasteiger partial charge is 0.329 e. The van der Waals surface area contributed by atoms with Gasteiger partial charge in [0.2, 0.25) is 0 Å². The van der Waals surface area contributed by atoms with Crippen LogP contribution >= 0.6 is 0 Å². The summed E-state index contributed by atoms with van der Waals surface area (Å²) in [5.74, 6) is 0. The first-order chi connectivity index (χ1) is 15.3. The number of nitrogens with zero attached hydrogens (tertiary/aromatic N) is 2. The summed E-state index contributed by atoms with van der Waals surface area (Å²) in [5, 5.41) is 14.1. The van der Waals surface area contributed by atoms with Crippen molar-refractivity contribution < 1.29 is 0 Å². The highest BCUT2D eigenvalue weighted by Gasteiger charge is 2.07. The first kappa shape index (κ1) is 26.2. The van der Waals surface area contributed by atoms with Gasteiger partial charge < -0.3 is 32.7 Å². The maximum absolute atomic E-state index is 5.67. The van der Waals surface area contributed by atoms with Gasteiger partial charge >= 0.3 is 0 Å². The lowest BCUT2D eigenvalue weighted by atomic mass is 10.1. The maximum Gasteiger partial charge on any atom is 0.0234 e. The molecule has 0 aromatic heterocycles. The van der Waals surface area contributed by atoms with E-state index in [9.17, 15) is 0 Å². The Morgan fingerprint density at radius 2 is 1.39 bits per heavy atom. The normalized spacial score (nSPS) is 17.8. The van der Waals surface area contributed by atoms with Crippen LogP contribution in [-0.2, 0) is 13.1 Å². The molecule has 1 aromatic rings. The predicted octanol–water partition coefficient (Wildman–Crippen LogP) is -1.03. The highest BCUT2D eigenvalue weighted by Crippen LogP contribution is 2.08. The van der Waals surface area contributed by atoms with Crippen molar-refractivity contribution in [1.82, 2.24) is 31.1 Å². The van der Waals surface area contributed by atoms with Gasteiger partial charge in [-0.3, -0.25) is 9.80 Å². The van der Waals surface area contributed by atoms with Crippen LogP contribution in [-0.4, -0.2) is 101 Å². The zero-order valence-electron chi connectivity index (χ0n) is 19.4. The molecular weight excluding hydrogens is 388 g/mol. The fourth-order valence-electron chi connectivity index (χ4n) is 3.85. The van der Waals surface area contributed by atoms with E-state index in [-0.39, 0.29) is 0 Å². The lowest BCUT2D eigenvalue weighted by molar-refractivity contribution is 0.261. The van der Waals surface area contributed by atoms with E-state index in [1.54, 1.807) is 0 Å². The second-order valence-electron chi connectivity index (χ2n) is 8.29. The van der Waals surface area contributed by atoms with Crippen LogP contribution in [0.2, 0.25) is 0 Å². The van der Waals surface area contributed by atoms with Gasteiger partial charge in [-0.2, -0.15) is 0 Å². The van der Waals surface area contributed by atoms with E-state index in [2.05, 4.69) is 55.3 Å². The lowest BCUT2D eigenvalue weighted by Crippen LogP contribution is -2.38. The minimum absolute atomic E-state index is 0.683. The van der Waals surface area contributed by atoms with Crippen molar-refractivity contribution in [3.8, 4) is 0 Å². The molecule has 0 amide bonds. The summed E-state index contributed by atoms with van der Waals surface area (Å²) in [5.41, 5.74) is 14.1. The molecule has 2 rings (SSSR count). The Morgan fingerprint density at radius 3 is 2.06 bits per heavy atom. The molecule has 1 aliphatic rings. The van der Waals surface area contributed by atoms with Crippen LogP contribution in [0, 0.1) is 0 Å². The molecule has 178 valence electrons. The standard InChI is InChI=1S/C23H46N8/c24-6-16-30(17-7-25)18-14-29-20-22-2-4-23(5-3-22)21-31-15-1-8-26-9-10-27-11-12-28-13-19-31/h2-5,26-29H,1,6-21,24-25H2. The second kappa shape index (κ2) is 17.5. The number of nitrogens with two attached hydrogens (primary N) is 2. The Labute approximate surface area is 189 Å². The smallest absolute Gasteiger partial charge is 0.0234 e. The maximum atomic E-state index is 5.67. The van der Waals surface area contributed by atoms with Crippen molar-refractivity contribution in [1.29, 1.82) is 0 Å². The van der Waals surface area contributed by atoms with Crippen LogP contribution in [0.15, 0.2) is 24.3 Å². The number of benzene rings is 1. The zero-order chi connectivity index (χ0) is 22.0. The molecule has 0 unspecified atom stereocenters. The summed E-state index contributed by atoms with van der Waals surface area (Å²) in [6, 6.07) is 9.07. The molecule has 1 aliphatic heterocycles. The molecule has 1 aromatic carbocycles. The van der Waals surface area contributed by atoms with E-state index >= 15 is 0 Å². The van der Waals surface area contributed by atoms with Crippen molar-refractivity contribution >= 4 is 0 Å². The molecule has 0 radical (unpaired) electrons. The highest BCUT2D eigenvalue weighted by molar-refractivity contribution is 5.22.